The third-order valence-corrected chi connectivity index (χ3v) is 6.77. The largest absolute Gasteiger partial charge is 0.481 e. The zero-order valence-electron chi connectivity index (χ0n) is 20.5. The Bertz CT molecular complexity index is 1350. The van der Waals surface area contributed by atoms with Crippen LogP contribution >= 0.6 is 11.3 Å². The molecule has 0 atom stereocenters. The summed E-state index contributed by atoms with van der Waals surface area (Å²) in [4.78, 5) is 53.5. The SMILES string of the molecule is CC(=NCC(=O)c1ccc(C(=O)CCC(=O)O)s1)c1c(C)[nH]n(-c2ccc(C(C)(C)C)cc2)c1=O. The number of Topliss-reactive ketones (excluding diaryl/α,β-unsaturated/α-hetero) is 2. The van der Waals surface area contributed by atoms with E-state index < -0.39 is 5.97 Å². The quantitative estimate of drug-likeness (QED) is 0.333. The Morgan fingerprint density at radius 3 is 2.17 bits per heavy atom. The van der Waals surface area contributed by atoms with Crippen LogP contribution in [0.4, 0.5) is 0 Å². The Labute approximate surface area is 207 Å². The van der Waals surface area contributed by atoms with Crippen molar-refractivity contribution in [3.05, 3.63) is 73.3 Å². The van der Waals surface area contributed by atoms with E-state index in [0.29, 0.717) is 32.4 Å². The number of nitrogens with zero attached hydrogens (tertiary/aromatic N) is 2. The van der Waals surface area contributed by atoms with Gasteiger partial charge in [-0.3, -0.25) is 29.3 Å². The van der Waals surface area contributed by atoms with Crippen LogP contribution in [0.2, 0.25) is 0 Å². The number of carboxylic acids is 1. The van der Waals surface area contributed by atoms with Gasteiger partial charge < -0.3 is 5.11 Å². The summed E-state index contributed by atoms with van der Waals surface area (Å²) in [5, 5.41) is 11.8. The molecule has 3 rings (SSSR count). The fourth-order valence-corrected chi connectivity index (χ4v) is 4.50. The van der Waals surface area contributed by atoms with Crippen molar-refractivity contribution in [3.63, 3.8) is 0 Å². The number of aliphatic carboxylic acids is 1. The molecule has 0 amide bonds. The van der Waals surface area contributed by atoms with Crippen molar-refractivity contribution in [2.24, 2.45) is 4.99 Å². The van der Waals surface area contributed by atoms with Crippen molar-refractivity contribution in [2.45, 2.75) is 52.9 Å². The number of hydrogen-bond donors (Lipinski definition) is 2. The van der Waals surface area contributed by atoms with Crippen molar-refractivity contribution < 1.29 is 19.5 Å². The van der Waals surface area contributed by atoms with E-state index in [1.165, 1.54) is 10.7 Å². The molecule has 0 saturated carbocycles. The number of thiophene rings is 1. The molecule has 2 heterocycles. The van der Waals surface area contributed by atoms with Crippen molar-refractivity contribution in [1.82, 2.24) is 9.78 Å². The molecule has 9 heteroatoms. The van der Waals surface area contributed by atoms with E-state index in [2.05, 4.69) is 30.9 Å². The lowest BCUT2D eigenvalue weighted by Crippen LogP contribution is -2.20. The first-order valence-corrected chi connectivity index (χ1v) is 12.0. The average molecular weight is 496 g/mol. The maximum atomic E-state index is 13.1. The number of aryl methyl sites for hydroxylation is 1. The van der Waals surface area contributed by atoms with Crippen LogP contribution in [0.3, 0.4) is 0 Å². The van der Waals surface area contributed by atoms with E-state index in [1.54, 1.807) is 19.9 Å². The number of H-pyrrole nitrogens is 1. The van der Waals surface area contributed by atoms with Crippen LogP contribution in [0.25, 0.3) is 5.69 Å². The number of aliphatic imine (C=N–C) groups is 1. The highest BCUT2D eigenvalue weighted by Crippen LogP contribution is 2.23. The van der Waals surface area contributed by atoms with Gasteiger partial charge in [0.15, 0.2) is 11.6 Å². The van der Waals surface area contributed by atoms with Crippen molar-refractivity contribution in [1.29, 1.82) is 0 Å². The number of carbonyl (C=O) groups excluding carboxylic acids is 2. The average Bonchev–Trinajstić information content (AvgIpc) is 3.40. The third kappa shape index (κ3) is 6.10. The number of carbonyl (C=O) groups is 3. The molecule has 35 heavy (non-hydrogen) atoms. The van der Waals surface area contributed by atoms with Gasteiger partial charge in [-0.25, -0.2) is 4.68 Å². The highest BCUT2D eigenvalue weighted by molar-refractivity contribution is 7.16. The first kappa shape index (κ1) is 26.0. The van der Waals surface area contributed by atoms with E-state index in [9.17, 15) is 19.2 Å². The molecule has 0 fully saturated rings. The summed E-state index contributed by atoms with van der Waals surface area (Å²) >= 11 is 1.03. The van der Waals surface area contributed by atoms with E-state index in [4.69, 9.17) is 5.11 Å². The Morgan fingerprint density at radius 2 is 1.60 bits per heavy atom. The van der Waals surface area contributed by atoms with Crippen LogP contribution in [-0.4, -0.2) is 44.7 Å². The Hall–Kier alpha value is -3.59. The molecule has 2 aromatic heterocycles. The Balaban J connectivity index is 1.75. The van der Waals surface area contributed by atoms with E-state index >= 15 is 0 Å². The van der Waals surface area contributed by atoms with Gasteiger partial charge in [-0.05, 0) is 49.1 Å². The Kier molecular flexibility index (Phi) is 7.70. The summed E-state index contributed by atoms with van der Waals surface area (Å²) in [5.41, 5.74) is 3.12. The zero-order chi connectivity index (χ0) is 25.9. The van der Waals surface area contributed by atoms with Crippen LogP contribution in [0.1, 0.15) is 76.7 Å². The van der Waals surface area contributed by atoms with Crippen LogP contribution in [0, 0.1) is 6.92 Å². The molecule has 0 unspecified atom stereocenters. The van der Waals surface area contributed by atoms with Gasteiger partial charge in [0.25, 0.3) is 5.56 Å². The minimum absolute atomic E-state index is 0.00513. The monoisotopic (exact) mass is 495 g/mol. The van der Waals surface area contributed by atoms with Crippen LogP contribution in [0.5, 0.6) is 0 Å². The molecular weight excluding hydrogens is 466 g/mol. The molecule has 1 aromatic carbocycles. The van der Waals surface area contributed by atoms with Gasteiger partial charge in [0, 0.05) is 17.8 Å². The topological polar surface area (TPSA) is 122 Å². The molecule has 0 spiro atoms. The summed E-state index contributed by atoms with van der Waals surface area (Å²) < 4.78 is 1.46. The fourth-order valence-electron chi connectivity index (χ4n) is 3.59. The molecule has 0 aliphatic carbocycles. The number of aromatic nitrogens is 2. The maximum absolute atomic E-state index is 13.1. The highest BCUT2D eigenvalue weighted by atomic mass is 32.1. The standard InChI is InChI=1S/C26H29N3O5S/c1-15(27-14-20(31)22-12-11-21(35-22)19(30)10-13-23(32)33)24-16(2)28-29(25(24)34)18-8-6-17(7-9-18)26(3,4)5/h6-9,11-12,28H,10,13-14H2,1-5H3,(H,32,33). The number of rotatable bonds is 9. The summed E-state index contributed by atoms with van der Waals surface area (Å²) in [6, 6.07) is 10.9. The number of ketones is 2. The molecule has 0 aliphatic heterocycles. The summed E-state index contributed by atoms with van der Waals surface area (Å²) in [7, 11) is 0. The van der Waals surface area contributed by atoms with Gasteiger partial charge >= 0.3 is 5.97 Å². The summed E-state index contributed by atoms with van der Waals surface area (Å²) in [5.74, 6) is -1.63. The molecule has 0 aliphatic rings. The summed E-state index contributed by atoms with van der Waals surface area (Å²) in [6.07, 6.45) is -0.365. The van der Waals surface area contributed by atoms with Gasteiger partial charge in [-0.1, -0.05) is 32.9 Å². The van der Waals surface area contributed by atoms with Crippen LogP contribution in [0.15, 0.2) is 46.2 Å². The molecule has 0 bridgehead atoms. The zero-order valence-corrected chi connectivity index (χ0v) is 21.3. The van der Waals surface area contributed by atoms with Crippen molar-refractivity contribution in [3.8, 4) is 5.69 Å². The van der Waals surface area contributed by atoms with E-state index in [0.717, 1.165) is 16.9 Å². The second-order valence-electron chi connectivity index (χ2n) is 9.35. The smallest absolute Gasteiger partial charge is 0.303 e. The Morgan fingerprint density at radius 1 is 1.00 bits per heavy atom. The summed E-state index contributed by atoms with van der Waals surface area (Å²) in [6.45, 7) is 9.68. The van der Waals surface area contributed by atoms with Gasteiger partial charge in [0.1, 0.15) is 6.54 Å². The lowest BCUT2D eigenvalue weighted by atomic mass is 9.87. The minimum atomic E-state index is -1.04. The van der Waals surface area contributed by atoms with Crippen LogP contribution in [-0.2, 0) is 10.2 Å². The number of aromatic amines is 1. The molecule has 184 valence electrons. The maximum Gasteiger partial charge on any atom is 0.303 e. The van der Waals surface area contributed by atoms with Crippen LogP contribution < -0.4 is 5.56 Å². The predicted molar refractivity (Wildman–Crippen MR) is 137 cm³/mol. The fraction of sp³-hybridized carbons (Fsp3) is 0.346. The first-order chi connectivity index (χ1) is 16.4. The molecule has 0 saturated heterocycles. The third-order valence-electron chi connectivity index (χ3n) is 5.61. The lowest BCUT2D eigenvalue weighted by Gasteiger charge is -2.19. The second kappa shape index (κ2) is 10.4. The number of hydrogen-bond acceptors (Lipinski definition) is 6. The number of benzene rings is 1. The normalized spacial score (nSPS) is 12.1. The van der Waals surface area contributed by atoms with E-state index in [-0.39, 0.29) is 41.9 Å². The number of nitrogens with one attached hydrogen (secondary N) is 1. The van der Waals surface area contributed by atoms with Gasteiger partial charge in [-0.2, -0.15) is 0 Å². The second-order valence-corrected chi connectivity index (χ2v) is 10.4. The number of carboxylic acid groups (broad SMARTS) is 1. The van der Waals surface area contributed by atoms with E-state index in [1.807, 2.05) is 24.3 Å². The van der Waals surface area contributed by atoms with Gasteiger partial charge in [-0.15, -0.1) is 11.3 Å². The molecule has 2 N–H and O–H groups in total. The highest BCUT2D eigenvalue weighted by Gasteiger charge is 2.18. The molecule has 3 aromatic rings. The molecule has 0 radical (unpaired) electrons. The molecular formula is C26H29N3O5S. The predicted octanol–water partition coefficient (Wildman–Crippen LogP) is 4.57. The van der Waals surface area contributed by atoms with Crippen molar-refractivity contribution in [2.75, 3.05) is 6.54 Å². The molecule has 8 nitrogen and oxygen atoms in total. The van der Waals surface area contributed by atoms with Crippen molar-refractivity contribution >= 4 is 34.6 Å². The lowest BCUT2D eigenvalue weighted by molar-refractivity contribution is -0.136. The van der Waals surface area contributed by atoms with Gasteiger partial charge in [0.05, 0.1) is 27.4 Å². The van der Waals surface area contributed by atoms with Gasteiger partial charge in [0.2, 0.25) is 0 Å². The first-order valence-electron chi connectivity index (χ1n) is 11.2. The minimum Gasteiger partial charge on any atom is -0.481 e.